The van der Waals surface area contributed by atoms with E-state index in [1.807, 2.05) is 18.2 Å². The van der Waals surface area contributed by atoms with Gasteiger partial charge in [-0.2, -0.15) is 0 Å². The SMILES string of the molecule is O=C1CCC(CNCc2ccc(Cl)c(Br)c2)N1. The average molecular weight is 318 g/mol. The first-order chi connectivity index (χ1) is 8.15. The molecule has 1 aromatic rings. The molecule has 2 N–H and O–H groups in total. The predicted molar refractivity (Wildman–Crippen MR) is 72.0 cm³/mol. The second-order valence-electron chi connectivity index (χ2n) is 4.18. The van der Waals surface area contributed by atoms with Crippen LogP contribution < -0.4 is 10.6 Å². The Kier molecular flexibility index (Phi) is 4.42. The molecule has 1 unspecified atom stereocenters. The lowest BCUT2D eigenvalue weighted by atomic mass is 10.2. The zero-order valence-corrected chi connectivity index (χ0v) is 11.6. The molecule has 1 aliphatic rings. The average Bonchev–Trinajstić information content (AvgIpc) is 2.70. The molecule has 1 aliphatic heterocycles. The highest BCUT2D eigenvalue weighted by Gasteiger charge is 2.19. The summed E-state index contributed by atoms with van der Waals surface area (Å²) < 4.78 is 0.910. The van der Waals surface area contributed by atoms with Crippen molar-refractivity contribution in [1.29, 1.82) is 0 Å². The van der Waals surface area contributed by atoms with Gasteiger partial charge in [0.1, 0.15) is 0 Å². The van der Waals surface area contributed by atoms with Gasteiger partial charge in [-0.15, -0.1) is 0 Å². The Labute approximate surface area is 114 Å². The third-order valence-electron chi connectivity index (χ3n) is 2.79. The molecule has 17 heavy (non-hydrogen) atoms. The van der Waals surface area contributed by atoms with Crippen molar-refractivity contribution < 1.29 is 4.79 Å². The second kappa shape index (κ2) is 5.85. The van der Waals surface area contributed by atoms with Gasteiger partial charge in [0.05, 0.1) is 5.02 Å². The Morgan fingerprint density at radius 2 is 2.35 bits per heavy atom. The lowest BCUT2D eigenvalue weighted by molar-refractivity contribution is -0.119. The van der Waals surface area contributed by atoms with Gasteiger partial charge in [0.2, 0.25) is 5.91 Å². The maximum Gasteiger partial charge on any atom is 0.220 e. The fourth-order valence-electron chi connectivity index (χ4n) is 1.87. The van der Waals surface area contributed by atoms with Crippen LogP contribution in [0, 0.1) is 0 Å². The summed E-state index contributed by atoms with van der Waals surface area (Å²) >= 11 is 9.31. The van der Waals surface area contributed by atoms with Crippen molar-refractivity contribution in [3.63, 3.8) is 0 Å². The molecule has 1 atom stereocenters. The molecule has 1 fully saturated rings. The Morgan fingerprint density at radius 3 is 3.00 bits per heavy atom. The van der Waals surface area contributed by atoms with Crippen molar-refractivity contribution in [3.05, 3.63) is 33.3 Å². The predicted octanol–water partition coefficient (Wildman–Crippen LogP) is 2.47. The van der Waals surface area contributed by atoms with Crippen molar-refractivity contribution in [2.45, 2.75) is 25.4 Å². The van der Waals surface area contributed by atoms with Gasteiger partial charge < -0.3 is 10.6 Å². The number of rotatable bonds is 4. The molecule has 0 bridgehead atoms. The molecule has 3 nitrogen and oxygen atoms in total. The standard InChI is InChI=1S/C12H14BrClN2O/c13-10-5-8(1-3-11(10)14)6-15-7-9-2-4-12(17)16-9/h1,3,5,9,15H,2,4,6-7H2,(H,16,17). The number of halogens is 2. The fourth-order valence-corrected chi connectivity index (χ4v) is 2.41. The zero-order chi connectivity index (χ0) is 12.3. The summed E-state index contributed by atoms with van der Waals surface area (Å²) in [6.07, 6.45) is 1.58. The quantitative estimate of drug-likeness (QED) is 0.896. The molecule has 1 amide bonds. The summed E-state index contributed by atoms with van der Waals surface area (Å²) in [5.41, 5.74) is 1.17. The van der Waals surface area contributed by atoms with Crippen LogP contribution in [0.2, 0.25) is 5.02 Å². The van der Waals surface area contributed by atoms with E-state index in [0.29, 0.717) is 6.42 Å². The minimum absolute atomic E-state index is 0.158. The number of hydrogen-bond acceptors (Lipinski definition) is 2. The molecule has 5 heteroatoms. The van der Waals surface area contributed by atoms with E-state index >= 15 is 0 Å². The molecular formula is C12H14BrClN2O. The van der Waals surface area contributed by atoms with Crippen LogP contribution in [-0.4, -0.2) is 18.5 Å². The highest BCUT2D eigenvalue weighted by molar-refractivity contribution is 9.10. The first kappa shape index (κ1) is 12.9. The molecule has 1 saturated heterocycles. The largest absolute Gasteiger partial charge is 0.352 e. The van der Waals surface area contributed by atoms with Gasteiger partial charge in [-0.3, -0.25) is 4.79 Å². The van der Waals surface area contributed by atoms with Crippen molar-refractivity contribution in [1.82, 2.24) is 10.6 Å². The van der Waals surface area contributed by atoms with E-state index in [1.165, 1.54) is 5.56 Å². The first-order valence-corrected chi connectivity index (χ1v) is 6.76. The normalized spacial score (nSPS) is 19.4. The molecule has 1 heterocycles. The van der Waals surface area contributed by atoms with Crippen LogP contribution >= 0.6 is 27.5 Å². The van der Waals surface area contributed by atoms with Crippen LogP contribution in [0.15, 0.2) is 22.7 Å². The number of amides is 1. The molecule has 0 aliphatic carbocycles. The third-order valence-corrected chi connectivity index (χ3v) is 4.00. The van der Waals surface area contributed by atoms with Gasteiger partial charge in [-0.05, 0) is 40.0 Å². The van der Waals surface area contributed by atoms with E-state index in [2.05, 4.69) is 26.6 Å². The lowest BCUT2D eigenvalue weighted by Gasteiger charge is -2.11. The fraction of sp³-hybridized carbons (Fsp3) is 0.417. The topological polar surface area (TPSA) is 41.1 Å². The molecular weight excluding hydrogens is 304 g/mol. The van der Waals surface area contributed by atoms with Crippen LogP contribution in [0.5, 0.6) is 0 Å². The second-order valence-corrected chi connectivity index (χ2v) is 5.44. The van der Waals surface area contributed by atoms with E-state index in [-0.39, 0.29) is 11.9 Å². The Bertz CT molecular complexity index is 425. The van der Waals surface area contributed by atoms with Gasteiger partial charge in [-0.25, -0.2) is 0 Å². The highest BCUT2D eigenvalue weighted by Crippen LogP contribution is 2.23. The maximum atomic E-state index is 11.0. The minimum Gasteiger partial charge on any atom is -0.352 e. The van der Waals surface area contributed by atoms with Crippen LogP contribution in [0.3, 0.4) is 0 Å². The summed E-state index contributed by atoms with van der Waals surface area (Å²) in [5, 5.41) is 6.98. The van der Waals surface area contributed by atoms with Crippen molar-refractivity contribution in [3.8, 4) is 0 Å². The summed E-state index contributed by atoms with van der Waals surface area (Å²) in [6, 6.07) is 6.15. The van der Waals surface area contributed by atoms with Crippen molar-refractivity contribution in [2.24, 2.45) is 0 Å². The molecule has 92 valence electrons. The van der Waals surface area contributed by atoms with Crippen LogP contribution in [0.4, 0.5) is 0 Å². The van der Waals surface area contributed by atoms with Crippen molar-refractivity contribution in [2.75, 3.05) is 6.54 Å². The van der Waals surface area contributed by atoms with E-state index in [0.717, 1.165) is 29.0 Å². The lowest BCUT2D eigenvalue weighted by Crippen LogP contribution is -2.35. The van der Waals surface area contributed by atoms with E-state index in [4.69, 9.17) is 11.6 Å². The number of benzene rings is 1. The molecule has 0 spiro atoms. The number of carbonyl (C=O) groups is 1. The van der Waals surface area contributed by atoms with E-state index in [1.54, 1.807) is 0 Å². The van der Waals surface area contributed by atoms with Gasteiger partial charge >= 0.3 is 0 Å². The maximum absolute atomic E-state index is 11.0. The van der Waals surface area contributed by atoms with Crippen LogP contribution in [-0.2, 0) is 11.3 Å². The molecule has 0 saturated carbocycles. The molecule has 0 aromatic heterocycles. The Balaban J connectivity index is 1.78. The summed E-state index contributed by atoms with van der Waals surface area (Å²) in [4.78, 5) is 11.0. The monoisotopic (exact) mass is 316 g/mol. The molecule has 2 rings (SSSR count). The van der Waals surface area contributed by atoms with Crippen LogP contribution in [0.1, 0.15) is 18.4 Å². The van der Waals surface area contributed by atoms with Gasteiger partial charge in [0, 0.05) is 30.0 Å². The third kappa shape index (κ3) is 3.69. The molecule has 0 radical (unpaired) electrons. The van der Waals surface area contributed by atoms with E-state index in [9.17, 15) is 4.79 Å². The summed E-state index contributed by atoms with van der Waals surface area (Å²) in [5.74, 6) is 0.158. The smallest absolute Gasteiger partial charge is 0.220 e. The van der Waals surface area contributed by atoms with Gasteiger partial charge in [0.25, 0.3) is 0 Å². The van der Waals surface area contributed by atoms with Gasteiger partial charge in [0.15, 0.2) is 0 Å². The number of hydrogen-bond donors (Lipinski definition) is 2. The van der Waals surface area contributed by atoms with Gasteiger partial charge in [-0.1, -0.05) is 17.7 Å². The number of carbonyl (C=O) groups excluding carboxylic acids is 1. The van der Waals surface area contributed by atoms with Crippen LogP contribution in [0.25, 0.3) is 0 Å². The Hall–Kier alpha value is -0.580. The number of nitrogens with one attached hydrogen (secondary N) is 2. The minimum atomic E-state index is 0.158. The Morgan fingerprint density at radius 1 is 1.53 bits per heavy atom. The summed E-state index contributed by atoms with van der Waals surface area (Å²) in [6.45, 7) is 1.59. The zero-order valence-electron chi connectivity index (χ0n) is 9.30. The first-order valence-electron chi connectivity index (χ1n) is 5.59. The van der Waals surface area contributed by atoms with Crippen molar-refractivity contribution >= 4 is 33.4 Å². The highest BCUT2D eigenvalue weighted by atomic mass is 79.9. The summed E-state index contributed by atoms with van der Waals surface area (Å²) in [7, 11) is 0. The molecule has 1 aromatic carbocycles. The van der Waals surface area contributed by atoms with E-state index < -0.39 is 0 Å².